The van der Waals surface area contributed by atoms with Gasteiger partial charge in [-0.25, -0.2) is 4.79 Å². The van der Waals surface area contributed by atoms with Gasteiger partial charge in [0.25, 0.3) is 0 Å². The first-order valence-electron chi connectivity index (χ1n) is 7.95. The smallest absolute Gasteiger partial charge is 0.326 e. The van der Waals surface area contributed by atoms with E-state index in [1.165, 1.54) is 11.8 Å². The quantitative estimate of drug-likeness (QED) is 0.650. The standard InChI is InChI=1S/C15H20N2O7/c1-6(18)3-4-10(20)24-13-11-7(2)14(21)16-15(22)17(11)9-5-8(19)12(13)23-9/h7-9,11-13,19H,3-5H2,1-2H3,(H,16,21,22)/t7-,8+,9-,11+,12+,13+/m1/s1. The van der Waals surface area contributed by atoms with Crippen LogP contribution in [0.3, 0.4) is 0 Å². The highest BCUT2D eigenvalue weighted by Crippen LogP contribution is 2.40. The molecule has 0 unspecified atom stereocenters. The van der Waals surface area contributed by atoms with E-state index in [1.807, 2.05) is 0 Å². The summed E-state index contributed by atoms with van der Waals surface area (Å²) < 4.78 is 11.1. The van der Waals surface area contributed by atoms with Crippen LogP contribution in [0.15, 0.2) is 0 Å². The molecule has 3 aliphatic rings. The lowest BCUT2D eigenvalue weighted by atomic mass is 9.88. The Morgan fingerprint density at radius 1 is 1.38 bits per heavy atom. The van der Waals surface area contributed by atoms with Crippen LogP contribution in [0.5, 0.6) is 0 Å². The van der Waals surface area contributed by atoms with Crippen LogP contribution in [0.4, 0.5) is 4.79 Å². The first-order valence-corrected chi connectivity index (χ1v) is 7.95. The summed E-state index contributed by atoms with van der Waals surface area (Å²) in [7, 11) is 0. The van der Waals surface area contributed by atoms with Gasteiger partial charge in [-0.2, -0.15) is 0 Å². The van der Waals surface area contributed by atoms with Crippen LogP contribution in [0.2, 0.25) is 0 Å². The highest BCUT2D eigenvalue weighted by atomic mass is 16.6. The molecule has 24 heavy (non-hydrogen) atoms. The normalized spacial score (nSPS) is 37.7. The lowest BCUT2D eigenvalue weighted by Crippen LogP contribution is -2.70. The Morgan fingerprint density at radius 3 is 2.75 bits per heavy atom. The van der Waals surface area contributed by atoms with Crippen LogP contribution in [-0.2, 0) is 23.9 Å². The van der Waals surface area contributed by atoms with Crippen molar-refractivity contribution >= 4 is 23.7 Å². The summed E-state index contributed by atoms with van der Waals surface area (Å²) in [5.74, 6) is -1.84. The molecule has 3 fully saturated rings. The molecule has 0 aromatic heterocycles. The van der Waals surface area contributed by atoms with Gasteiger partial charge in [0, 0.05) is 12.8 Å². The van der Waals surface area contributed by atoms with Crippen molar-refractivity contribution in [2.24, 2.45) is 5.92 Å². The van der Waals surface area contributed by atoms with Crippen LogP contribution in [0.1, 0.15) is 33.1 Å². The summed E-state index contributed by atoms with van der Waals surface area (Å²) >= 11 is 0. The van der Waals surface area contributed by atoms with Crippen molar-refractivity contribution in [2.75, 3.05) is 0 Å². The van der Waals surface area contributed by atoms with E-state index in [-0.39, 0.29) is 25.0 Å². The summed E-state index contributed by atoms with van der Waals surface area (Å²) in [6.45, 7) is 3.00. The van der Waals surface area contributed by atoms with E-state index in [0.717, 1.165) is 0 Å². The number of Topliss-reactive ketones (excluding diaryl/α,β-unsaturated/α-hetero) is 1. The first-order chi connectivity index (χ1) is 11.3. The zero-order valence-corrected chi connectivity index (χ0v) is 13.4. The molecule has 9 heteroatoms. The number of carbonyl (C=O) groups is 4. The number of aliphatic hydroxyl groups is 1. The van der Waals surface area contributed by atoms with Gasteiger partial charge in [-0.3, -0.25) is 19.8 Å². The number of hydrogen-bond donors (Lipinski definition) is 2. The maximum Gasteiger partial charge on any atom is 0.326 e. The minimum atomic E-state index is -0.955. The molecule has 3 aliphatic heterocycles. The van der Waals surface area contributed by atoms with Gasteiger partial charge in [0.1, 0.15) is 18.1 Å². The summed E-state index contributed by atoms with van der Waals surface area (Å²) in [5, 5.41) is 12.4. The molecule has 3 heterocycles. The van der Waals surface area contributed by atoms with E-state index in [1.54, 1.807) is 6.92 Å². The number of ketones is 1. The Balaban J connectivity index is 1.84. The van der Waals surface area contributed by atoms with E-state index >= 15 is 0 Å². The number of nitrogens with zero attached hydrogens (tertiary/aromatic N) is 1. The third kappa shape index (κ3) is 2.78. The van der Waals surface area contributed by atoms with Gasteiger partial charge in [-0.05, 0) is 6.92 Å². The SMILES string of the molecule is CC(=O)CCC(=O)O[C@@H]1[C@H]2O[C@H](C[C@@H]2O)N2C(=O)NC(=O)[C@H](C)[C@@H]12. The summed E-state index contributed by atoms with van der Waals surface area (Å²) in [4.78, 5) is 48.5. The van der Waals surface area contributed by atoms with Crippen molar-refractivity contribution in [2.45, 2.75) is 63.7 Å². The highest BCUT2D eigenvalue weighted by molar-refractivity contribution is 5.98. The lowest BCUT2D eigenvalue weighted by molar-refractivity contribution is -0.206. The van der Waals surface area contributed by atoms with Crippen molar-refractivity contribution in [1.29, 1.82) is 0 Å². The lowest BCUT2D eigenvalue weighted by Gasteiger charge is -2.48. The molecule has 3 saturated heterocycles. The van der Waals surface area contributed by atoms with Crippen molar-refractivity contribution < 1.29 is 33.8 Å². The molecule has 3 rings (SSSR count). The van der Waals surface area contributed by atoms with Crippen molar-refractivity contribution in [3.63, 3.8) is 0 Å². The summed E-state index contributed by atoms with van der Waals surface area (Å²) in [5.41, 5.74) is 0. The van der Waals surface area contributed by atoms with E-state index in [4.69, 9.17) is 9.47 Å². The fourth-order valence-corrected chi connectivity index (χ4v) is 3.54. The Bertz CT molecular complexity index is 592. The monoisotopic (exact) mass is 340 g/mol. The van der Waals surface area contributed by atoms with Gasteiger partial charge in [0.05, 0.1) is 24.5 Å². The Morgan fingerprint density at radius 2 is 2.08 bits per heavy atom. The first kappa shape index (κ1) is 16.8. The number of aliphatic hydroxyl groups excluding tert-OH is 1. The Kier molecular flexibility index (Phi) is 4.31. The van der Waals surface area contributed by atoms with Crippen LogP contribution in [0.25, 0.3) is 0 Å². The molecule has 0 radical (unpaired) electrons. The number of esters is 1. The van der Waals surface area contributed by atoms with Gasteiger partial charge in [0.15, 0.2) is 6.10 Å². The second-order valence-corrected chi connectivity index (χ2v) is 6.50. The largest absolute Gasteiger partial charge is 0.457 e. The number of rotatable bonds is 4. The van der Waals surface area contributed by atoms with Crippen LogP contribution < -0.4 is 5.32 Å². The molecule has 2 N–H and O–H groups in total. The number of urea groups is 1. The molecule has 6 atom stereocenters. The minimum Gasteiger partial charge on any atom is -0.457 e. The Hall–Kier alpha value is -2.00. The predicted octanol–water partition coefficient (Wildman–Crippen LogP) is -0.687. The second-order valence-electron chi connectivity index (χ2n) is 6.50. The third-order valence-corrected chi connectivity index (χ3v) is 4.77. The van der Waals surface area contributed by atoms with E-state index in [2.05, 4.69) is 5.32 Å². The number of carbonyl (C=O) groups excluding carboxylic acids is 4. The van der Waals surface area contributed by atoms with Crippen LogP contribution in [0, 0.1) is 5.92 Å². The molecule has 0 saturated carbocycles. The molecular weight excluding hydrogens is 320 g/mol. The van der Waals surface area contributed by atoms with Crippen molar-refractivity contribution in [3.8, 4) is 0 Å². The number of fused-ring (bicyclic) bond motifs is 4. The van der Waals surface area contributed by atoms with E-state index < -0.39 is 54.4 Å². The number of nitrogens with one attached hydrogen (secondary N) is 1. The molecule has 0 aromatic rings. The molecule has 3 amide bonds. The summed E-state index contributed by atoms with van der Waals surface area (Å²) in [6.07, 6.45) is -3.16. The number of ether oxygens (including phenoxy) is 2. The maximum atomic E-state index is 12.2. The number of hydrogen-bond acceptors (Lipinski definition) is 7. The van der Waals surface area contributed by atoms with Crippen molar-refractivity contribution in [1.82, 2.24) is 10.2 Å². The average molecular weight is 340 g/mol. The van der Waals surface area contributed by atoms with E-state index in [9.17, 15) is 24.3 Å². The van der Waals surface area contributed by atoms with Gasteiger partial charge >= 0.3 is 12.0 Å². The molecule has 2 bridgehead atoms. The third-order valence-electron chi connectivity index (χ3n) is 4.77. The average Bonchev–Trinajstić information content (AvgIpc) is 2.83. The molecular formula is C15H20N2O7. The van der Waals surface area contributed by atoms with Crippen molar-refractivity contribution in [3.05, 3.63) is 0 Å². The molecule has 0 aliphatic carbocycles. The Labute approximate surface area is 138 Å². The van der Waals surface area contributed by atoms with Gasteiger partial charge in [0.2, 0.25) is 5.91 Å². The molecule has 132 valence electrons. The topological polar surface area (TPSA) is 122 Å². The summed E-state index contributed by atoms with van der Waals surface area (Å²) in [6, 6.07) is -1.32. The zero-order valence-electron chi connectivity index (χ0n) is 13.4. The van der Waals surface area contributed by atoms with Gasteiger partial charge in [-0.1, -0.05) is 6.92 Å². The maximum absolute atomic E-state index is 12.2. The molecule has 9 nitrogen and oxygen atoms in total. The van der Waals surface area contributed by atoms with Crippen LogP contribution >= 0.6 is 0 Å². The van der Waals surface area contributed by atoms with Gasteiger partial charge < -0.3 is 19.4 Å². The minimum absolute atomic E-state index is 0.0472. The molecule has 0 spiro atoms. The van der Waals surface area contributed by atoms with Crippen LogP contribution in [-0.4, -0.2) is 64.3 Å². The second kappa shape index (κ2) is 6.14. The fourth-order valence-electron chi connectivity index (χ4n) is 3.54. The highest BCUT2D eigenvalue weighted by Gasteiger charge is 2.59. The molecule has 0 aromatic carbocycles. The van der Waals surface area contributed by atoms with E-state index in [0.29, 0.717) is 0 Å². The number of amides is 3. The fraction of sp³-hybridized carbons (Fsp3) is 0.733. The zero-order chi connectivity index (χ0) is 17.6. The van der Waals surface area contributed by atoms with Gasteiger partial charge in [-0.15, -0.1) is 0 Å². The predicted molar refractivity (Wildman–Crippen MR) is 77.4 cm³/mol. The number of imide groups is 1.